The summed E-state index contributed by atoms with van der Waals surface area (Å²) in [6.45, 7) is 2.52. The van der Waals surface area contributed by atoms with E-state index in [1.165, 1.54) is 6.08 Å². The molecule has 1 amide bonds. The van der Waals surface area contributed by atoms with Gasteiger partial charge in [0.05, 0.1) is 16.3 Å². The van der Waals surface area contributed by atoms with Crippen molar-refractivity contribution in [2.45, 2.75) is 13.5 Å². The lowest BCUT2D eigenvalue weighted by Crippen LogP contribution is -2.14. The summed E-state index contributed by atoms with van der Waals surface area (Å²) in [6, 6.07) is 9.53. The van der Waals surface area contributed by atoms with Crippen LogP contribution in [0.3, 0.4) is 0 Å². The van der Waals surface area contributed by atoms with Crippen molar-refractivity contribution in [1.82, 2.24) is 20.4 Å². The molecule has 0 saturated carbocycles. The lowest BCUT2D eigenvalue weighted by atomic mass is 10.1. The second kappa shape index (κ2) is 9.07. The van der Waals surface area contributed by atoms with E-state index in [-0.39, 0.29) is 0 Å². The molecule has 0 fully saturated rings. The first-order valence-electron chi connectivity index (χ1n) is 8.52. The highest BCUT2D eigenvalue weighted by Crippen LogP contribution is 2.31. The number of amides is 1. The van der Waals surface area contributed by atoms with Crippen LogP contribution in [0.2, 0.25) is 0 Å². The van der Waals surface area contributed by atoms with Crippen LogP contribution in [-0.2, 0) is 11.3 Å². The SMILES string of the molecule is CNc1nc(C)c(-c2ccnc(NCc3ccc(C=CC(=O)NO)cc3)n2)s1. The number of rotatable bonds is 7. The molecule has 9 heteroatoms. The molecule has 144 valence electrons. The van der Waals surface area contributed by atoms with Crippen molar-refractivity contribution in [3.05, 3.63) is 59.4 Å². The number of carbonyl (C=O) groups excluding carboxylic acids is 1. The minimum absolute atomic E-state index is 0.542. The van der Waals surface area contributed by atoms with Crippen LogP contribution in [0.1, 0.15) is 16.8 Å². The smallest absolute Gasteiger partial charge is 0.267 e. The lowest BCUT2D eigenvalue weighted by molar-refractivity contribution is -0.124. The van der Waals surface area contributed by atoms with Gasteiger partial charge in [0.2, 0.25) is 5.95 Å². The summed E-state index contributed by atoms with van der Waals surface area (Å²) >= 11 is 1.55. The van der Waals surface area contributed by atoms with Gasteiger partial charge in [0.1, 0.15) is 0 Å². The number of carbonyl (C=O) groups is 1. The van der Waals surface area contributed by atoms with Crippen LogP contribution in [0.5, 0.6) is 0 Å². The van der Waals surface area contributed by atoms with E-state index >= 15 is 0 Å². The Kier molecular flexibility index (Phi) is 6.30. The molecular weight excluding hydrogens is 376 g/mol. The maximum atomic E-state index is 11.0. The third-order valence-corrected chi connectivity index (χ3v) is 5.06. The summed E-state index contributed by atoms with van der Waals surface area (Å²) in [5.41, 5.74) is 5.21. The van der Waals surface area contributed by atoms with Crippen LogP contribution in [-0.4, -0.2) is 33.1 Å². The van der Waals surface area contributed by atoms with Gasteiger partial charge >= 0.3 is 0 Å². The highest BCUT2D eigenvalue weighted by atomic mass is 32.1. The Hall–Kier alpha value is -3.30. The Labute approximate surface area is 166 Å². The van der Waals surface area contributed by atoms with Crippen molar-refractivity contribution in [3.63, 3.8) is 0 Å². The van der Waals surface area contributed by atoms with Crippen LogP contribution < -0.4 is 16.1 Å². The number of aromatic nitrogens is 3. The lowest BCUT2D eigenvalue weighted by Gasteiger charge is -2.06. The van der Waals surface area contributed by atoms with Crippen LogP contribution >= 0.6 is 11.3 Å². The quantitative estimate of drug-likeness (QED) is 0.276. The van der Waals surface area contributed by atoms with E-state index < -0.39 is 5.91 Å². The predicted molar refractivity (Wildman–Crippen MR) is 110 cm³/mol. The van der Waals surface area contributed by atoms with E-state index in [1.807, 2.05) is 44.3 Å². The highest BCUT2D eigenvalue weighted by molar-refractivity contribution is 7.19. The summed E-state index contributed by atoms with van der Waals surface area (Å²) in [5, 5.41) is 15.6. The van der Waals surface area contributed by atoms with Gasteiger partial charge in [-0.25, -0.2) is 20.4 Å². The molecule has 0 aliphatic rings. The molecule has 3 aromatic rings. The van der Waals surface area contributed by atoms with Crippen molar-refractivity contribution >= 4 is 34.4 Å². The molecule has 4 N–H and O–H groups in total. The van der Waals surface area contributed by atoms with E-state index in [1.54, 1.807) is 29.1 Å². The van der Waals surface area contributed by atoms with Crippen molar-refractivity contribution in [2.75, 3.05) is 17.7 Å². The Morgan fingerprint density at radius 2 is 2.00 bits per heavy atom. The normalized spacial score (nSPS) is 10.8. The zero-order valence-electron chi connectivity index (χ0n) is 15.4. The average molecular weight is 396 g/mol. The van der Waals surface area contributed by atoms with Gasteiger partial charge in [-0.05, 0) is 30.2 Å². The third kappa shape index (κ3) is 4.90. The Bertz CT molecular complexity index is 984. The minimum atomic E-state index is -0.569. The fourth-order valence-corrected chi connectivity index (χ4v) is 3.34. The number of anilines is 2. The fraction of sp³-hybridized carbons (Fsp3) is 0.158. The maximum absolute atomic E-state index is 11.0. The molecule has 0 atom stereocenters. The number of nitrogens with one attached hydrogen (secondary N) is 3. The first kappa shape index (κ1) is 19.5. The molecule has 0 unspecified atom stereocenters. The first-order chi connectivity index (χ1) is 13.6. The molecule has 0 aliphatic heterocycles. The molecule has 28 heavy (non-hydrogen) atoms. The first-order valence-corrected chi connectivity index (χ1v) is 9.34. The Balaban J connectivity index is 1.65. The van der Waals surface area contributed by atoms with Crippen molar-refractivity contribution in [3.8, 4) is 10.6 Å². The molecule has 8 nitrogen and oxygen atoms in total. The van der Waals surface area contributed by atoms with Crippen molar-refractivity contribution in [2.24, 2.45) is 0 Å². The predicted octanol–water partition coefficient (Wildman–Crippen LogP) is 3.08. The van der Waals surface area contributed by atoms with Crippen LogP contribution in [0.4, 0.5) is 11.1 Å². The number of benzene rings is 1. The fourth-order valence-electron chi connectivity index (χ4n) is 2.45. The summed E-state index contributed by atoms with van der Waals surface area (Å²) in [6.07, 6.45) is 4.60. The second-order valence-electron chi connectivity index (χ2n) is 5.85. The van der Waals surface area contributed by atoms with E-state index in [0.717, 1.165) is 32.5 Å². The molecule has 0 aliphatic carbocycles. The topological polar surface area (TPSA) is 112 Å². The van der Waals surface area contributed by atoms with Gasteiger partial charge < -0.3 is 10.6 Å². The number of aryl methyl sites for hydroxylation is 1. The average Bonchev–Trinajstić information content (AvgIpc) is 3.12. The molecule has 1 aromatic carbocycles. The minimum Gasteiger partial charge on any atom is -0.365 e. The van der Waals surface area contributed by atoms with Crippen molar-refractivity contribution < 1.29 is 10.0 Å². The largest absolute Gasteiger partial charge is 0.365 e. The summed E-state index contributed by atoms with van der Waals surface area (Å²) in [5.74, 6) is -0.0271. The molecular formula is C19H20N6O2S. The summed E-state index contributed by atoms with van der Waals surface area (Å²) < 4.78 is 0. The van der Waals surface area contributed by atoms with Crippen LogP contribution in [0, 0.1) is 6.92 Å². The van der Waals surface area contributed by atoms with Gasteiger partial charge in [-0.15, -0.1) is 0 Å². The van der Waals surface area contributed by atoms with E-state index in [9.17, 15) is 4.79 Å². The van der Waals surface area contributed by atoms with E-state index in [0.29, 0.717) is 12.5 Å². The van der Waals surface area contributed by atoms with Gasteiger partial charge in [-0.2, -0.15) is 0 Å². The van der Waals surface area contributed by atoms with Crippen LogP contribution in [0.15, 0.2) is 42.6 Å². The maximum Gasteiger partial charge on any atom is 0.267 e. The van der Waals surface area contributed by atoms with Gasteiger partial charge in [0.25, 0.3) is 5.91 Å². The zero-order valence-corrected chi connectivity index (χ0v) is 16.2. The molecule has 3 rings (SSSR count). The highest BCUT2D eigenvalue weighted by Gasteiger charge is 2.11. The summed E-state index contributed by atoms with van der Waals surface area (Å²) in [4.78, 5) is 25.3. The third-order valence-electron chi connectivity index (χ3n) is 3.87. The Morgan fingerprint density at radius 3 is 2.68 bits per heavy atom. The molecule has 0 bridgehead atoms. The molecule has 2 aromatic heterocycles. The van der Waals surface area contributed by atoms with Crippen LogP contribution in [0.25, 0.3) is 16.6 Å². The monoisotopic (exact) mass is 396 g/mol. The molecule has 0 spiro atoms. The van der Waals surface area contributed by atoms with Gasteiger partial charge in [-0.3, -0.25) is 10.0 Å². The molecule has 0 saturated heterocycles. The van der Waals surface area contributed by atoms with Gasteiger partial charge in [0.15, 0.2) is 5.13 Å². The number of hydrogen-bond donors (Lipinski definition) is 4. The molecule has 2 heterocycles. The number of nitrogens with zero attached hydrogens (tertiary/aromatic N) is 3. The summed E-state index contributed by atoms with van der Waals surface area (Å²) in [7, 11) is 1.84. The standard InChI is InChI=1S/C19H20N6O2S/c1-12-17(28-19(20-2)23-12)15-9-10-21-18(24-15)22-11-14-5-3-13(4-6-14)7-8-16(26)25-27/h3-10,27H,11H2,1-2H3,(H,20,23)(H,25,26)(H,21,22,24). The second-order valence-corrected chi connectivity index (χ2v) is 6.85. The van der Waals surface area contributed by atoms with Gasteiger partial charge in [-0.1, -0.05) is 35.6 Å². The molecule has 0 radical (unpaired) electrons. The number of thiazole rings is 1. The number of hydrogen-bond acceptors (Lipinski definition) is 8. The number of hydroxylamine groups is 1. The van der Waals surface area contributed by atoms with E-state index in [2.05, 4.69) is 25.6 Å². The Morgan fingerprint density at radius 1 is 1.21 bits per heavy atom. The van der Waals surface area contributed by atoms with E-state index in [4.69, 9.17) is 5.21 Å². The zero-order chi connectivity index (χ0) is 19.9. The van der Waals surface area contributed by atoms with Gasteiger partial charge in [0, 0.05) is 25.9 Å². The van der Waals surface area contributed by atoms with Crippen molar-refractivity contribution in [1.29, 1.82) is 0 Å².